The second-order valence-corrected chi connectivity index (χ2v) is 5.24. The maximum absolute atomic E-state index is 11.3. The molecular formula is C7H12ClNO4S. The molecule has 1 fully saturated rings. The van der Waals surface area contributed by atoms with E-state index in [1.165, 1.54) is 0 Å². The van der Waals surface area contributed by atoms with Gasteiger partial charge in [-0.1, -0.05) is 0 Å². The summed E-state index contributed by atoms with van der Waals surface area (Å²) >= 11 is 5.37. The minimum absolute atomic E-state index is 0.0553. The zero-order chi connectivity index (χ0) is 10.6. The maximum atomic E-state index is 11.3. The number of hydrogen-bond donors (Lipinski definition) is 1. The number of cyclic esters (lactones) is 1. The van der Waals surface area contributed by atoms with Gasteiger partial charge in [0.15, 0.2) is 0 Å². The molecule has 0 aromatic carbocycles. The minimum atomic E-state index is -3.40. The van der Waals surface area contributed by atoms with E-state index >= 15 is 0 Å². The Kier molecular flexibility index (Phi) is 4.15. The van der Waals surface area contributed by atoms with Crippen LogP contribution in [0.25, 0.3) is 0 Å². The monoisotopic (exact) mass is 241 g/mol. The minimum Gasteiger partial charge on any atom is -0.464 e. The van der Waals surface area contributed by atoms with Crippen molar-refractivity contribution in [3.63, 3.8) is 0 Å². The number of carbonyl (C=O) groups is 1. The Hall–Kier alpha value is -0.330. The summed E-state index contributed by atoms with van der Waals surface area (Å²) in [6.45, 7) is 0.279. The molecule has 1 rings (SSSR count). The average Bonchev–Trinajstić information content (AvgIpc) is 2.48. The van der Waals surface area contributed by atoms with Crippen LogP contribution >= 0.6 is 11.6 Å². The van der Waals surface area contributed by atoms with E-state index in [0.717, 1.165) is 0 Å². The van der Waals surface area contributed by atoms with Crippen molar-refractivity contribution < 1.29 is 17.9 Å². The van der Waals surface area contributed by atoms with E-state index in [4.69, 9.17) is 11.6 Å². The molecule has 1 atom stereocenters. The molecule has 82 valence electrons. The van der Waals surface area contributed by atoms with Gasteiger partial charge in [0.05, 0.1) is 12.4 Å². The number of nitrogens with one attached hydrogen (secondary N) is 1. The first-order valence-electron chi connectivity index (χ1n) is 4.28. The summed E-state index contributed by atoms with van der Waals surface area (Å²) in [4.78, 5) is 11.0. The fourth-order valence-electron chi connectivity index (χ4n) is 1.12. The van der Waals surface area contributed by atoms with E-state index in [1.54, 1.807) is 0 Å². The lowest BCUT2D eigenvalue weighted by molar-refractivity contribution is -0.139. The molecule has 1 aliphatic rings. The number of alkyl halides is 1. The van der Waals surface area contributed by atoms with Gasteiger partial charge < -0.3 is 4.74 Å². The van der Waals surface area contributed by atoms with Crippen molar-refractivity contribution in [3.05, 3.63) is 0 Å². The van der Waals surface area contributed by atoms with Gasteiger partial charge in [-0.2, -0.15) is 0 Å². The Labute approximate surface area is 87.8 Å². The van der Waals surface area contributed by atoms with Gasteiger partial charge >= 0.3 is 5.97 Å². The molecule has 0 radical (unpaired) electrons. The van der Waals surface area contributed by atoms with Crippen LogP contribution in [0.15, 0.2) is 0 Å². The normalized spacial score (nSPS) is 22.4. The first-order chi connectivity index (χ1) is 6.55. The highest BCUT2D eigenvalue weighted by molar-refractivity contribution is 7.89. The topological polar surface area (TPSA) is 72.5 Å². The highest BCUT2D eigenvalue weighted by Gasteiger charge is 2.30. The Morgan fingerprint density at radius 2 is 2.29 bits per heavy atom. The summed E-state index contributed by atoms with van der Waals surface area (Å²) in [7, 11) is -3.40. The summed E-state index contributed by atoms with van der Waals surface area (Å²) in [5.41, 5.74) is 0. The third-order valence-corrected chi connectivity index (χ3v) is 3.54. The Morgan fingerprint density at radius 1 is 1.57 bits per heavy atom. The van der Waals surface area contributed by atoms with Gasteiger partial charge in [0, 0.05) is 12.3 Å². The van der Waals surface area contributed by atoms with Crippen LogP contribution in [0.5, 0.6) is 0 Å². The third kappa shape index (κ3) is 3.43. The van der Waals surface area contributed by atoms with Crippen LogP contribution in [-0.2, 0) is 19.6 Å². The number of ether oxygens (including phenoxy) is 1. The zero-order valence-electron chi connectivity index (χ0n) is 7.53. The average molecular weight is 242 g/mol. The van der Waals surface area contributed by atoms with Crippen LogP contribution in [0, 0.1) is 0 Å². The zero-order valence-corrected chi connectivity index (χ0v) is 9.10. The van der Waals surface area contributed by atoms with Crippen LogP contribution in [-0.4, -0.2) is 38.7 Å². The molecule has 0 aromatic rings. The predicted octanol–water partition coefficient (Wildman–Crippen LogP) is -0.150. The summed E-state index contributed by atoms with van der Waals surface area (Å²) in [6, 6.07) is -0.713. The van der Waals surface area contributed by atoms with Crippen LogP contribution in [0.1, 0.15) is 12.8 Å². The van der Waals surface area contributed by atoms with Crippen LogP contribution in [0.2, 0.25) is 0 Å². The molecule has 1 N–H and O–H groups in total. The molecule has 0 aromatic heterocycles. The summed E-state index contributed by atoms with van der Waals surface area (Å²) < 4.78 is 29.5. The lowest BCUT2D eigenvalue weighted by atomic mass is 10.3. The van der Waals surface area contributed by atoms with Gasteiger partial charge in [-0.3, -0.25) is 4.79 Å². The van der Waals surface area contributed by atoms with Gasteiger partial charge in [0.1, 0.15) is 6.04 Å². The lowest BCUT2D eigenvalue weighted by Gasteiger charge is -2.08. The van der Waals surface area contributed by atoms with Crippen molar-refractivity contribution in [1.82, 2.24) is 4.72 Å². The van der Waals surface area contributed by atoms with Gasteiger partial charge in [-0.25, -0.2) is 13.1 Å². The van der Waals surface area contributed by atoms with E-state index in [1.807, 2.05) is 0 Å². The highest BCUT2D eigenvalue weighted by atomic mass is 35.5. The van der Waals surface area contributed by atoms with Crippen molar-refractivity contribution in [2.75, 3.05) is 18.2 Å². The highest BCUT2D eigenvalue weighted by Crippen LogP contribution is 2.07. The van der Waals surface area contributed by atoms with Crippen molar-refractivity contribution in [1.29, 1.82) is 0 Å². The molecule has 1 unspecified atom stereocenters. The number of hydrogen-bond acceptors (Lipinski definition) is 4. The quantitative estimate of drug-likeness (QED) is 0.537. The van der Waals surface area contributed by atoms with Gasteiger partial charge in [0.25, 0.3) is 0 Å². The number of esters is 1. The van der Waals surface area contributed by atoms with E-state index in [0.29, 0.717) is 12.8 Å². The van der Waals surface area contributed by atoms with Crippen molar-refractivity contribution >= 4 is 27.6 Å². The predicted molar refractivity (Wildman–Crippen MR) is 51.6 cm³/mol. The summed E-state index contributed by atoms with van der Waals surface area (Å²) in [5.74, 6) is -0.268. The van der Waals surface area contributed by atoms with Gasteiger partial charge in [0.2, 0.25) is 10.0 Å². The summed E-state index contributed by atoms with van der Waals surface area (Å²) in [5, 5.41) is 0. The first kappa shape index (κ1) is 11.7. The molecule has 0 spiro atoms. The van der Waals surface area contributed by atoms with Crippen LogP contribution < -0.4 is 4.72 Å². The number of sulfonamides is 1. The molecule has 1 saturated heterocycles. The molecule has 14 heavy (non-hydrogen) atoms. The van der Waals surface area contributed by atoms with Crippen LogP contribution in [0.3, 0.4) is 0 Å². The smallest absolute Gasteiger partial charge is 0.324 e. The Bertz CT molecular complexity index is 303. The third-order valence-electron chi connectivity index (χ3n) is 1.80. The lowest BCUT2D eigenvalue weighted by Crippen LogP contribution is -2.39. The molecule has 5 nitrogen and oxygen atoms in total. The molecular weight excluding hydrogens is 230 g/mol. The maximum Gasteiger partial charge on any atom is 0.324 e. The van der Waals surface area contributed by atoms with Gasteiger partial charge in [-0.15, -0.1) is 11.6 Å². The van der Waals surface area contributed by atoms with Crippen molar-refractivity contribution in [3.8, 4) is 0 Å². The Balaban J connectivity index is 2.46. The number of rotatable bonds is 5. The SMILES string of the molecule is O=C1OCCC1NS(=O)(=O)CCCCl. The molecule has 0 bridgehead atoms. The van der Waals surface area contributed by atoms with Crippen LogP contribution in [0.4, 0.5) is 0 Å². The van der Waals surface area contributed by atoms with E-state index in [-0.39, 0.29) is 18.2 Å². The molecule has 1 aliphatic heterocycles. The fourth-order valence-corrected chi connectivity index (χ4v) is 2.70. The molecule has 1 heterocycles. The summed E-state index contributed by atoms with van der Waals surface area (Å²) in [6.07, 6.45) is 0.775. The van der Waals surface area contributed by atoms with E-state index < -0.39 is 22.0 Å². The van der Waals surface area contributed by atoms with Crippen molar-refractivity contribution in [2.45, 2.75) is 18.9 Å². The fraction of sp³-hybridized carbons (Fsp3) is 0.857. The molecule has 7 heteroatoms. The first-order valence-corrected chi connectivity index (χ1v) is 6.46. The number of halogens is 1. The van der Waals surface area contributed by atoms with E-state index in [2.05, 4.69) is 9.46 Å². The standard InChI is InChI=1S/C7H12ClNO4S/c8-3-1-5-14(11,12)9-6-2-4-13-7(6)10/h6,9H,1-5H2. The molecule has 0 amide bonds. The number of carbonyl (C=O) groups excluding carboxylic acids is 1. The van der Waals surface area contributed by atoms with Crippen molar-refractivity contribution in [2.24, 2.45) is 0 Å². The molecule has 0 saturated carbocycles. The van der Waals surface area contributed by atoms with E-state index in [9.17, 15) is 13.2 Å². The Morgan fingerprint density at radius 3 is 2.79 bits per heavy atom. The largest absolute Gasteiger partial charge is 0.464 e. The van der Waals surface area contributed by atoms with Gasteiger partial charge in [-0.05, 0) is 6.42 Å². The molecule has 0 aliphatic carbocycles. The second kappa shape index (κ2) is 4.95. The second-order valence-electron chi connectivity index (χ2n) is 2.99.